The van der Waals surface area contributed by atoms with E-state index < -0.39 is 0 Å². The van der Waals surface area contributed by atoms with Gasteiger partial charge in [0.05, 0.1) is 18.2 Å². The lowest BCUT2D eigenvalue weighted by molar-refractivity contribution is 0.292. The molecule has 0 bridgehead atoms. The van der Waals surface area contributed by atoms with Crippen LogP contribution in [0.4, 0.5) is 0 Å². The molecule has 0 aliphatic heterocycles. The van der Waals surface area contributed by atoms with E-state index in [1.807, 2.05) is 6.07 Å². The van der Waals surface area contributed by atoms with Crippen molar-refractivity contribution in [2.45, 2.75) is 53.1 Å². The highest BCUT2D eigenvalue weighted by atomic mass is 79.9. The van der Waals surface area contributed by atoms with Crippen molar-refractivity contribution in [2.75, 3.05) is 13.7 Å². The van der Waals surface area contributed by atoms with E-state index in [0.717, 1.165) is 28.9 Å². The Morgan fingerprint density at radius 3 is 2.52 bits per heavy atom. The molecule has 2 unspecified atom stereocenters. The van der Waals surface area contributed by atoms with Crippen LogP contribution in [-0.2, 0) is 6.54 Å². The average molecular weight is 358 g/mol. The Hall–Kier alpha value is -0.740. The molecule has 3 nitrogen and oxygen atoms in total. The third-order valence-corrected chi connectivity index (χ3v) is 4.45. The lowest BCUT2D eigenvalue weighted by atomic mass is 10.0. The largest absolute Gasteiger partial charge is 0.493 e. The minimum Gasteiger partial charge on any atom is -0.493 e. The van der Waals surface area contributed by atoms with Gasteiger partial charge in [-0.3, -0.25) is 0 Å². The van der Waals surface area contributed by atoms with Crippen molar-refractivity contribution < 1.29 is 9.47 Å². The molecular weight excluding hydrogens is 330 g/mol. The molecule has 0 fully saturated rings. The first kappa shape index (κ1) is 18.3. The summed E-state index contributed by atoms with van der Waals surface area (Å²) in [5, 5.41) is 3.57. The van der Waals surface area contributed by atoms with Crippen molar-refractivity contribution in [3.63, 3.8) is 0 Å². The van der Waals surface area contributed by atoms with Gasteiger partial charge in [-0.2, -0.15) is 0 Å². The molecule has 1 aromatic rings. The number of halogens is 1. The fraction of sp³-hybridized carbons (Fsp3) is 0.647. The second kappa shape index (κ2) is 9.31. The summed E-state index contributed by atoms with van der Waals surface area (Å²) in [4.78, 5) is 0. The molecule has 0 aliphatic carbocycles. The predicted octanol–water partition coefficient (Wildman–Crippen LogP) is 4.77. The fourth-order valence-corrected chi connectivity index (χ4v) is 2.66. The van der Waals surface area contributed by atoms with Crippen molar-refractivity contribution >= 4 is 15.9 Å². The third-order valence-electron chi connectivity index (χ3n) is 3.87. The van der Waals surface area contributed by atoms with Gasteiger partial charge < -0.3 is 14.8 Å². The Labute approximate surface area is 137 Å². The monoisotopic (exact) mass is 357 g/mol. The van der Waals surface area contributed by atoms with Crippen LogP contribution in [0, 0.1) is 5.92 Å². The summed E-state index contributed by atoms with van der Waals surface area (Å²) in [6, 6.07) is 4.64. The molecule has 0 saturated heterocycles. The molecule has 1 N–H and O–H groups in total. The highest BCUT2D eigenvalue weighted by molar-refractivity contribution is 9.10. The van der Waals surface area contributed by atoms with Gasteiger partial charge in [0.1, 0.15) is 0 Å². The zero-order valence-electron chi connectivity index (χ0n) is 13.8. The van der Waals surface area contributed by atoms with E-state index in [1.54, 1.807) is 7.11 Å². The van der Waals surface area contributed by atoms with Crippen molar-refractivity contribution in [1.82, 2.24) is 5.32 Å². The zero-order chi connectivity index (χ0) is 15.8. The summed E-state index contributed by atoms with van der Waals surface area (Å²) in [5.74, 6) is 2.24. The van der Waals surface area contributed by atoms with Gasteiger partial charge in [-0.15, -0.1) is 0 Å². The number of hydrogen-bond donors (Lipinski definition) is 1. The standard InChI is InChI=1S/C17H28BrNO2/c1-6-8-21-17-15(18)9-14(10-16(17)20-5)11-19-13(4)12(3)7-2/h9-10,12-13,19H,6-8,11H2,1-5H3. The van der Waals surface area contributed by atoms with Gasteiger partial charge in [0.25, 0.3) is 0 Å². The molecule has 2 atom stereocenters. The molecule has 0 spiro atoms. The molecule has 120 valence electrons. The summed E-state index contributed by atoms with van der Waals surface area (Å²) in [5.41, 5.74) is 1.19. The normalized spacial score (nSPS) is 13.8. The maximum Gasteiger partial charge on any atom is 0.175 e. The molecule has 0 aliphatic rings. The van der Waals surface area contributed by atoms with Crippen molar-refractivity contribution in [3.05, 3.63) is 22.2 Å². The fourth-order valence-electron chi connectivity index (χ4n) is 2.05. The number of nitrogens with one attached hydrogen (secondary N) is 1. The molecule has 4 heteroatoms. The number of methoxy groups -OCH3 is 1. The summed E-state index contributed by atoms with van der Waals surface area (Å²) >= 11 is 3.59. The molecular formula is C17H28BrNO2. The Morgan fingerprint density at radius 2 is 1.95 bits per heavy atom. The summed E-state index contributed by atoms with van der Waals surface area (Å²) in [7, 11) is 1.68. The first-order chi connectivity index (χ1) is 10.0. The van der Waals surface area contributed by atoms with Gasteiger partial charge >= 0.3 is 0 Å². The smallest absolute Gasteiger partial charge is 0.175 e. The second-order valence-electron chi connectivity index (χ2n) is 5.51. The Morgan fingerprint density at radius 1 is 1.24 bits per heavy atom. The number of hydrogen-bond acceptors (Lipinski definition) is 3. The van der Waals surface area contributed by atoms with Crippen LogP contribution >= 0.6 is 15.9 Å². The number of ether oxygens (including phenoxy) is 2. The third kappa shape index (κ3) is 5.51. The first-order valence-corrected chi connectivity index (χ1v) is 8.55. The van der Waals surface area contributed by atoms with Crippen LogP contribution in [0.2, 0.25) is 0 Å². The lowest BCUT2D eigenvalue weighted by Gasteiger charge is -2.20. The Kier molecular flexibility index (Phi) is 8.12. The van der Waals surface area contributed by atoms with E-state index in [0.29, 0.717) is 18.6 Å². The predicted molar refractivity (Wildman–Crippen MR) is 92.2 cm³/mol. The van der Waals surface area contributed by atoms with Gasteiger partial charge in [-0.25, -0.2) is 0 Å². The SMILES string of the molecule is CCCOc1c(Br)cc(CNC(C)C(C)CC)cc1OC. The van der Waals surface area contributed by atoms with Gasteiger partial charge in [-0.05, 0) is 52.9 Å². The maximum atomic E-state index is 5.75. The van der Waals surface area contributed by atoms with Crippen LogP contribution in [0.25, 0.3) is 0 Å². The number of benzene rings is 1. The van der Waals surface area contributed by atoms with E-state index in [2.05, 4.69) is 55.0 Å². The minimum absolute atomic E-state index is 0.496. The minimum atomic E-state index is 0.496. The second-order valence-corrected chi connectivity index (χ2v) is 6.37. The van der Waals surface area contributed by atoms with Crippen molar-refractivity contribution in [2.24, 2.45) is 5.92 Å². The van der Waals surface area contributed by atoms with E-state index in [4.69, 9.17) is 9.47 Å². The molecule has 0 aromatic heterocycles. The first-order valence-electron chi connectivity index (χ1n) is 7.76. The van der Waals surface area contributed by atoms with Crippen LogP contribution in [-0.4, -0.2) is 19.8 Å². The molecule has 21 heavy (non-hydrogen) atoms. The lowest BCUT2D eigenvalue weighted by Crippen LogP contribution is -2.31. The van der Waals surface area contributed by atoms with Gasteiger partial charge in [0, 0.05) is 12.6 Å². The topological polar surface area (TPSA) is 30.5 Å². The zero-order valence-corrected chi connectivity index (χ0v) is 15.4. The summed E-state index contributed by atoms with van der Waals surface area (Å²) < 4.78 is 12.2. The summed E-state index contributed by atoms with van der Waals surface area (Å²) in [6.45, 7) is 10.3. The summed E-state index contributed by atoms with van der Waals surface area (Å²) in [6.07, 6.45) is 2.16. The quantitative estimate of drug-likeness (QED) is 0.690. The van der Waals surface area contributed by atoms with Crippen LogP contribution in [0.1, 0.15) is 46.1 Å². The van der Waals surface area contributed by atoms with Crippen LogP contribution in [0.5, 0.6) is 11.5 Å². The molecule has 0 heterocycles. The highest BCUT2D eigenvalue weighted by Gasteiger charge is 2.13. The molecule has 1 rings (SSSR count). The molecule has 1 aromatic carbocycles. The van der Waals surface area contributed by atoms with Crippen LogP contribution in [0.3, 0.4) is 0 Å². The van der Waals surface area contributed by atoms with Gasteiger partial charge in [-0.1, -0.05) is 27.2 Å². The van der Waals surface area contributed by atoms with E-state index in [1.165, 1.54) is 12.0 Å². The molecule has 0 saturated carbocycles. The van der Waals surface area contributed by atoms with Crippen LogP contribution < -0.4 is 14.8 Å². The van der Waals surface area contributed by atoms with Crippen molar-refractivity contribution in [3.8, 4) is 11.5 Å². The van der Waals surface area contributed by atoms with E-state index in [-0.39, 0.29) is 0 Å². The average Bonchev–Trinajstić information content (AvgIpc) is 2.50. The van der Waals surface area contributed by atoms with E-state index >= 15 is 0 Å². The molecule has 0 radical (unpaired) electrons. The van der Waals surface area contributed by atoms with Gasteiger partial charge in [0.15, 0.2) is 11.5 Å². The van der Waals surface area contributed by atoms with Gasteiger partial charge in [0.2, 0.25) is 0 Å². The van der Waals surface area contributed by atoms with Crippen molar-refractivity contribution in [1.29, 1.82) is 0 Å². The highest BCUT2D eigenvalue weighted by Crippen LogP contribution is 2.36. The Balaban J connectivity index is 2.78. The maximum absolute atomic E-state index is 5.75. The van der Waals surface area contributed by atoms with E-state index in [9.17, 15) is 0 Å². The number of rotatable bonds is 9. The molecule has 0 amide bonds. The Bertz CT molecular complexity index is 437. The van der Waals surface area contributed by atoms with Crippen LogP contribution in [0.15, 0.2) is 16.6 Å².